The molecule has 90 valence electrons. The zero-order chi connectivity index (χ0) is 11.5. The van der Waals surface area contributed by atoms with E-state index in [1.54, 1.807) is 12.3 Å². The van der Waals surface area contributed by atoms with Gasteiger partial charge in [-0.25, -0.2) is 0 Å². The second-order valence-corrected chi connectivity index (χ2v) is 4.44. The Morgan fingerprint density at radius 2 is 2.25 bits per heavy atom. The first kappa shape index (κ1) is 11.6. The lowest BCUT2D eigenvalue weighted by Gasteiger charge is -2.16. The highest BCUT2D eigenvalue weighted by atomic mass is 19.3. The van der Waals surface area contributed by atoms with E-state index in [-0.39, 0.29) is 6.04 Å². The molecule has 0 radical (unpaired) electrons. The molecule has 1 aliphatic carbocycles. The minimum Gasteiger partial charge on any atom is -0.310 e. The number of hydrogen-bond donors (Lipinski definition) is 1. The van der Waals surface area contributed by atoms with Crippen molar-refractivity contribution < 1.29 is 8.78 Å². The van der Waals surface area contributed by atoms with Crippen molar-refractivity contribution >= 4 is 0 Å². The molecule has 1 unspecified atom stereocenters. The Morgan fingerprint density at radius 3 is 2.75 bits per heavy atom. The Morgan fingerprint density at radius 1 is 1.50 bits per heavy atom. The molecule has 4 heteroatoms. The van der Waals surface area contributed by atoms with E-state index in [1.807, 2.05) is 0 Å². The normalized spacial score (nSPS) is 18.0. The second-order valence-electron chi connectivity index (χ2n) is 4.44. The fraction of sp³-hybridized carbons (Fsp3) is 0.667. The van der Waals surface area contributed by atoms with Crippen LogP contribution < -0.4 is 5.32 Å². The number of alkyl halides is 2. The molecular formula is C12H18F2N2. The van der Waals surface area contributed by atoms with Crippen LogP contribution in [0.2, 0.25) is 0 Å². The second kappa shape index (κ2) is 4.95. The first-order valence-corrected chi connectivity index (χ1v) is 5.91. The van der Waals surface area contributed by atoms with Crippen molar-refractivity contribution in [3.63, 3.8) is 0 Å². The molecule has 0 saturated heterocycles. The number of nitrogens with one attached hydrogen (secondary N) is 1. The van der Waals surface area contributed by atoms with Crippen LogP contribution in [0.15, 0.2) is 18.5 Å². The number of rotatable bonds is 6. The average Bonchev–Trinajstić information content (AvgIpc) is 2.96. The van der Waals surface area contributed by atoms with Crippen LogP contribution in [0.3, 0.4) is 0 Å². The number of halogens is 2. The maximum atomic E-state index is 12.5. The molecular weight excluding hydrogens is 210 g/mol. The van der Waals surface area contributed by atoms with Crippen LogP contribution in [0.1, 0.15) is 44.3 Å². The highest BCUT2D eigenvalue weighted by Gasteiger charge is 2.32. The molecule has 0 aromatic carbocycles. The van der Waals surface area contributed by atoms with E-state index in [1.165, 1.54) is 19.0 Å². The largest absolute Gasteiger partial charge is 0.318 e. The molecule has 16 heavy (non-hydrogen) atoms. The van der Waals surface area contributed by atoms with E-state index in [2.05, 4.69) is 12.2 Å². The Labute approximate surface area is 94.6 Å². The summed E-state index contributed by atoms with van der Waals surface area (Å²) in [7, 11) is 0. The third-order valence-electron chi connectivity index (χ3n) is 3.03. The Bertz CT molecular complexity index is 332. The summed E-state index contributed by atoms with van der Waals surface area (Å²) in [5.74, 6) is 0.639. The molecule has 1 aromatic rings. The number of aromatic nitrogens is 1. The number of nitrogens with zero attached hydrogens (tertiary/aromatic N) is 1. The highest BCUT2D eigenvalue weighted by Crippen LogP contribution is 2.41. The van der Waals surface area contributed by atoms with Gasteiger partial charge in [0, 0.05) is 18.4 Å². The summed E-state index contributed by atoms with van der Waals surface area (Å²) < 4.78 is 25.9. The average molecular weight is 228 g/mol. The van der Waals surface area contributed by atoms with Gasteiger partial charge in [0.2, 0.25) is 0 Å². The van der Waals surface area contributed by atoms with Crippen LogP contribution in [0.4, 0.5) is 8.78 Å². The fourth-order valence-electron chi connectivity index (χ4n) is 2.02. The van der Waals surface area contributed by atoms with E-state index in [9.17, 15) is 8.78 Å². The summed E-state index contributed by atoms with van der Waals surface area (Å²) in [6.07, 6.45) is 6.51. The molecule has 1 aromatic heterocycles. The maximum Gasteiger partial charge on any atom is 0.318 e. The van der Waals surface area contributed by atoms with Crippen molar-refractivity contribution in [1.82, 2.24) is 9.88 Å². The zero-order valence-corrected chi connectivity index (χ0v) is 9.50. The lowest BCUT2D eigenvalue weighted by atomic mass is 10.1. The predicted molar refractivity (Wildman–Crippen MR) is 59.4 cm³/mol. The van der Waals surface area contributed by atoms with Crippen molar-refractivity contribution in [3.05, 3.63) is 24.0 Å². The van der Waals surface area contributed by atoms with Gasteiger partial charge in [-0.2, -0.15) is 8.78 Å². The standard InChI is InChI=1S/C12H18F2N2/c1-2-6-15-11(9-3-4-9)10-5-7-16(8-10)12(13)14/h5,7-9,11-12,15H,2-4,6H2,1H3. The van der Waals surface area contributed by atoms with Gasteiger partial charge < -0.3 is 5.32 Å². The molecule has 0 spiro atoms. The van der Waals surface area contributed by atoms with Crippen molar-refractivity contribution in [2.75, 3.05) is 6.54 Å². The molecule has 1 aliphatic rings. The first-order valence-electron chi connectivity index (χ1n) is 5.91. The number of hydrogen-bond acceptors (Lipinski definition) is 1. The molecule has 2 rings (SSSR count). The van der Waals surface area contributed by atoms with Crippen molar-refractivity contribution in [3.8, 4) is 0 Å². The van der Waals surface area contributed by atoms with Gasteiger partial charge in [-0.15, -0.1) is 0 Å². The minimum atomic E-state index is -2.43. The third kappa shape index (κ3) is 2.61. The molecule has 2 nitrogen and oxygen atoms in total. The van der Waals surface area contributed by atoms with Gasteiger partial charge in [0.1, 0.15) is 0 Å². The molecule has 1 saturated carbocycles. The summed E-state index contributed by atoms with van der Waals surface area (Å²) in [4.78, 5) is 0. The molecule has 0 amide bonds. The van der Waals surface area contributed by atoms with E-state index in [0.29, 0.717) is 5.92 Å². The maximum absolute atomic E-state index is 12.5. The van der Waals surface area contributed by atoms with Gasteiger partial charge in [-0.05, 0) is 43.4 Å². The summed E-state index contributed by atoms with van der Waals surface area (Å²) in [5.41, 5.74) is 0.997. The smallest absolute Gasteiger partial charge is 0.310 e. The van der Waals surface area contributed by atoms with Crippen LogP contribution in [0, 0.1) is 5.92 Å². The summed E-state index contributed by atoms with van der Waals surface area (Å²) in [6, 6.07) is 2.07. The van der Waals surface area contributed by atoms with Gasteiger partial charge >= 0.3 is 6.55 Å². The first-order chi connectivity index (χ1) is 7.72. The molecule has 1 atom stereocenters. The van der Waals surface area contributed by atoms with Crippen LogP contribution >= 0.6 is 0 Å². The van der Waals surface area contributed by atoms with E-state index < -0.39 is 6.55 Å². The lowest BCUT2D eigenvalue weighted by Crippen LogP contribution is -2.23. The summed E-state index contributed by atoms with van der Waals surface area (Å²) >= 11 is 0. The van der Waals surface area contributed by atoms with Crippen molar-refractivity contribution in [2.45, 2.75) is 38.8 Å². The van der Waals surface area contributed by atoms with E-state index in [0.717, 1.165) is 23.1 Å². The van der Waals surface area contributed by atoms with Gasteiger partial charge in [-0.1, -0.05) is 6.92 Å². The molecule has 1 heterocycles. The van der Waals surface area contributed by atoms with Crippen LogP contribution in [0.25, 0.3) is 0 Å². The Balaban J connectivity index is 2.05. The van der Waals surface area contributed by atoms with Crippen LogP contribution in [-0.2, 0) is 0 Å². The summed E-state index contributed by atoms with van der Waals surface area (Å²) in [6.45, 7) is 0.627. The minimum absolute atomic E-state index is 0.264. The summed E-state index contributed by atoms with van der Waals surface area (Å²) in [5, 5.41) is 3.44. The molecule has 0 aliphatic heterocycles. The molecule has 1 fully saturated rings. The predicted octanol–water partition coefficient (Wildman–Crippen LogP) is 3.33. The SMILES string of the molecule is CCCNC(c1ccn(C(F)F)c1)C1CC1. The van der Waals surface area contributed by atoms with Crippen LogP contribution in [0.5, 0.6) is 0 Å². The molecule has 1 N–H and O–H groups in total. The van der Waals surface area contributed by atoms with Gasteiger partial charge in [0.15, 0.2) is 0 Å². The van der Waals surface area contributed by atoms with Crippen LogP contribution in [-0.4, -0.2) is 11.1 Å². The Kier molecular flexibility index (Phi) is 3.59. The van der Waals surface area contributed by atoms with Gasteiger partial charge in [0.25, 0.3) is 0 Å². The monoisotopic (exact) mass is 228 g/mol. The van der Waals surface area contributed by atoms with Crippen molar-refractivity contribution in [1.29, 1.82) is 0 Å². The zero-order valence-electron chi connectivity index (χ0n) is 9.50. The van der Waals surface area contributed by atoms with E-state index in [4.69, 9.17) is 0 Å². The van der Waals surface area contributed by atoms with Gasteiger partial charge in [-0.3, -0.25) is 4.57 Å². The third-order valence-corrected chi connectivity index (χ3v) is 3.03. The fourth-order valence-corrected chi connectivity index (χ4v) is 2.02. The highest BCUT2D eigenvalue weighted by molar-refractivity contribution is 5.18. The van der Waals surface area contributed by atoms with Crippen molar-refractivity contribution in [2.24, 2.45) is 5.92 Å². The topological polar surface area (TPSA) is 17.0 Å². The lowest BCUT2D eigenvalue weighted by molar-refractivity contribution is 0.0705. The quantitative estimate of drug-likeness (QED) is 0.790. The Hall–Kier alpha value is -0.900. The molecule has 0 bridgehead atoms. The van der Waals surface area contributed by atoms with E-state index >= 15 is 0 Å². The van der Waals surface area contributed by atoms with Gasteiger partial charge in [0.05, 0.1) is 0 Å².